The summed E-state index contributed by atoms with van der Waals surface area (Å²) in [6.07, 6.45) is 0. The molecule has 0 radical (unpaired) electrons. The Morgan fingerprint density at radius 3 is 2.38 bits per heavy atom. The zero-order chi connectivity index (χ0) is 15.4. The molecule has 1 aliphatic heterocycles. The average Bonchev–Trinajstić information content (AvgIpc) is 2.49. The SMILES string of the molecule is COc1cc(Br)c(C(C(=O)O)N2CCNCC2)cc1OC. The minimum Gasteiger partial charge on any atom is -0.493 e. The lowest BCUT2D eigenvalue weighted by Crippen LogP contribution is -2.47. The fourth-order valence-corrected chi connectivity index (χ4v) is 3.04. The zero-order valence-corrected chi connectivity index (χ0v) is 13.6. The summed E-state index contributed by atoms with van der Waals surface area (Å²) < 4.78 is 11.2. The van der Waals surface area contributed by atoms with Gasteiger partial charge in [-0.25, -0.2) is 0 Å². The Balaban J connectivity index is 2.42. The molecule has 0 aliphatic carbocycles. The van der Waals surface area contributed by atoms with Gasteiger partial charge in [-0.05, 0) is 17.7 Å². The number of carbonyl (C=O) groups is 1. The molecule has 1 unspecified atom stereocenters. The van der Waals surface area contributed by atoms with E-state index in [0.717, 1.165) is 13.1 Å². The first-order valence-corrected chi connectivity index (χ1v) is 7.46. The monoisotopic (exact) mass is 358 g/mol. The molecule has 1 aliphatic rings. The van der Waals surface area contributed by atoms with E-state index in [1.54, 1.807) is 19.2 Å². The first kappa shape index (κ1) is 16.1. The molecule has 0 bridgehead atoms. The summed E-state index contributed by atoms with van der Waals surface area (Å²) >= 11 is 3.45. The Hall–Kier alpha value is -1.31. The van der Waals surface area contributed by atoms with E-state index in [2.05, 4.69) is 21.2 Å². The van der Waals surface area contributed by atoms with Crippen molar-refractivity contribution >= 4 is 21.9 Å². The highest BCUT2D eigenvalue weighted by molar-refractivity contribution is 9.10. The van der Waals surface area contributed by atoms with Gasteiger partial charge in [0.15, 0.2) is 11.5 Å². The van der Waals surface area contributed by atoms with Crippen LogP contribution in [0.4, 0.5) is 0 Å². The van der Waals surface area contributed by atoms with Crippen LogP contribution in [0.25, 0.3) is 0 Å². The molecule has 7 heteroatoms. The summed E-state index contributed by atoms with van der Waals surface area (Å²) in [4.78, 5) is 13.7. The van der Waals surface area contributed by atoms with Crippen molar-refractivity contribution in [2.24, 2.45) is 0 Å². The van der Waals surface area contributed by atoms with Crippen molar-refractivity contribution in [1.29, 1.82) is 0 Å². The standard InChI is InChI=1S/C14H19BrN2O4/c1-20-11-7-9(10(15)8-12(11)21-2)13(14(18)19)17-5-3-16-4-6-17/h7-8,13,16H,3-6H2,1-2H3,(H,18,19). The van der Waals surface area contributed by atoms with Gasteiger partial charge in [-0.15, -0.1) is 0 Å². The number of rotatable bonds is 5. The van der Waals surface area contributed by atoms with E-state index in [4.69, 9.17) is 9.47 Å². The van der Waals surface area contributed by atoms with Crippen LogP contribution in [0.2, 0.25) is 0 Å². The van der Waals surface area contributed by atoms with Gasteiger partial charge in [0.05, 0.1) is 14.2 Å². The van der Waals surface area contributed by atoms with Gasteiger partial charge in [0, 0.05) is 30.7 Å². The van der Waals surface area contributed by atoms with Crippen molar-refractivity contribution in [2.45, 2.75) is 6.04 Å². The molecule has 2 rings (SSSR count). The van der Waals surface area contributed by atoms with Crippen LogP contribution >= 0.6 is 15.9 Å². The number of methoxy groups -OCH3 is 2. The molecular weight excluding hydrogens is 340 g/mol. The van der Waals surface area contributed by atoms with Gasteiger partial charge in [-0.1, -0.05) is 15.9 Å². The second kappa shape index (κ2) is 7.11. The molecule has 1 aromatic rings. The Kier molecular flexibility index (Phi) is 5.44. The lowest BCUT2D eigenvalue weighted by atomic mass is 10.0. The zero-order valence-electron chi connectivity index (χ0n) is 12.1. The van der Waals surface area contributed by atoms with Gasteiger partial charge in [0.1, 0.15) is 6.04 Å². The molecule has 0 aromatic heterocycles. The van der Waals surface area contributed by atoms with Crippen molar-refractivity contribution < 1.29 is 19.4 Å². The molecular formula is C14H19BrN2O4. The minimum atomic E-state index is -0.871. The normalized spacial score (nSPS) is 17.3. The summed E-state index contributed by atoms with van der Waals surface area (Å²) in [5.41, 5.74) is 0.669. The molecule has 1 atom stereocenters. The number of piperazine rings is 1. The van der Waals surface area contributed by atoms with E-state index < -0.39 is 12.0 Å². The minimum absolute atomic E-state index is 0.525. The van der Waals surface area contributed by atoms with Gasteiger partial charge in [-0.3, -0.25) is 9.69 Å². The highest BCUT2D eigenvalue weighted by Crippen LogP contribution is 2.38. The van der Waals surface area contributed by atoms with Crippen LogP contribution in [0.5, 0.6) is 11.5 Å². The number of hydrogen-bond donors (Lipinski definition) is 2. The molecule has 1 heterocycles. The van der Waals surface area contributed by atoms with E-state index >= 15 is 0 Å². The summed E-state index contributed by atoms with van der Waals surface area (Å²) in [6, 6.07) is 2.76. The van der Waals surface area contributed by atoms with E-state index in [-0.39, 0.29) is 0 Å². The highest BCUT2D eigenvalue weighted by Gasteiger charge is 2.31. The van der Waals surface area contributed by atoms with Crippen LogP contribution in [-0.2, 0) is 4.79 Å². The topological polar surface area (TPSA) is 71.0 Å². The predicted octanol–water partition coefficient (Wildman–Crippen LogP) is 1.50. The third kappa shape index (κ3) is 3.48. The van der Waals surface area contributed by atoms with Crippen molar-refractivity contribution in [3.63, 3.8) is 0 Å². The lowest BCUT2D eigenvalue weighted by molar-refractivity contribution is -0.143. The number of carboxylic acid groups (broad SMARTS) is 1. The summed E-state index contributed by atoms with van der Waals surface area (Å²) in [5, 5.41) is 12.9. The van der Waals surface area contributed by atoms with Crippen molar-refractivity contribution in [1.82, 2.24) is 10.2 Å². The first-order chi connectivity index (χ1) is 10.1. The predicted molar refractivity (Wildman–Crippen MR) is 82.1 cm³/mol. The summed E-state index contributed by atoms with van der Waals surface area (Å²) in [5.74, 6) is 0.222. The number of halogens is 1. The fraction of sp³-hybridized carbons (Fsp3) is 0.500. The van der Waals surface area contributed by atoms with Crippen LogP contribution in [0.1, 0.15) is 11.6 Å². The number of hydrogen-bond acceptors (Lipinski definition) is 5. The first-order valence-electron chi connectivity index (χ1n) is 6.67. The maximum atomic E-state index is 11.8. The number of nitrogens with one attached hydrogen (secondary N) is 1. The van der Waals surface area contributed by atoms with Gasteiger partial charge in [0.25, 0.3) is 0 Å². The van der Waals surface area contributed by atoms with Crippen LogP contribution in [0.3, 0.4) is 0 Å². The van der Waals surface area contributed by atoms with Gasteiger partial charge < -0.3 is 19.9 Å². The van der Waals surface area contributed by atoms with Crippen molar-refractivity contribution in [3.05, 3.63) is 22.2 Å². The van der Waals surface area contributed by atoms with Gasteiger partial charge in [-0.2, -0.15) is 0 Å². The molecule has 116 valence electrons. The van der Waals surface area contributed by atoms with Crippen LogP contribution in [0, 0.1) is 0 Å². The van der Waals surface area contributed by atoms with Crippen LogP contribution in [0.15, 0.2) is 16.6 Å². The lowest BCUT2D eigenvalue weighted by Gasteiger charge is -2.33. The average molecular weight is 359 g/mol. The van der Waals surface area contributed by atoms with Gasteiger partial charge >= 0.3 is 5.97 Å². The molecule has 1 aromatic carbocycles. The number of ether oxygens (including phenoxy) is 2. The largest absolute Gasteiger partial charge is 0.493 e. The summed E-state index contributed by atoms with van der Waals surface area (Å²) in [7, 11) is 3.09. The van der Waals surface area contributed by atoms with Crippen LogP contribution < -0.4 is 14.8 Å². The molecule has 2 N–H and O–H groups in total. The Bertz CT molecular complexity index is 518. The van der Waals surface area contributed by atoms with E-state index in [1.165, 1.54) is 7.11 Å². The molecule has 0 spiro atoms. The Morgan fingerprint density at radius 2 is 1.86 bits per heavy atom. The highest BCUT2D eigenvalue weighted by atomic mass is 79.9. The number of aliphatic carboxylic acids is 1. The number of benzene rings is 1. The summed E-state index contributed by atoms with van der Waals surface area (Å²) in [6.45, 7) is 2.96. The molecule has 1 saturated heterocycles. The quantitative estimate of drug-likeness (QED) is 0.830. The molecule has 0 saturated carbocycles. The Morgan fingerprint density at radius 1 is 1.29 bits per heavy atom. The molecule has 0 amide bonds. The molecule has 1 fully saturated rings. The Labute approximate surface area is 132 Å². The van der Waals surface area contributed by atoms with E-state index in [9.17, 15) is 9.90 Å². The van der Waals surface area contributed by atoms with Crippen LogP contribution in [-0.4, -0.2) is 56.4 Å². The third-order valence-corrected chi connectivity index (χ3v) is 4.23. The smallest absolute Gasteiger partial charge is 0.325 e. The number of carboxylic acids is 1. The fourth-order valence-electron chi connectivity index (χ4n) is 2.51. The number of nitrogens with zero attached hydrogens (tertiary/aromatic N) is 1. The van der Waals surface area contributed by atoms with E-state index in [1.807, 2.05) is 4.90 Å². The maximum absolute atomic E-state index is 11.8. The van der Waals surface area contributed by atoms with Gasteiger partial charge in [0.2, 0.25) is 0 Å². The van der Waals surface area contributed by atoms with E-state index in [0.29, 0.717) is 34.6 Å². The second-order valence-corrected chi connectivity index (χ2v) is 5.61. The second-order valence-electron chi connectivity index (χ2n) is 4.76. The van der Waals surface area contributed by atoms with Crippen molar-refractivity contribution in [3.8, 4) is 11.5 Å². The van der Waals surface area contributed by atoms with Crippen molar-refractivity contribution in [2.75, 3.05) is 40.4 Å². The molecule has 21 heavy (non-hydrogen) atoms. The molecule has 6 nitrogen and oxygen atoms in total. The maximum Gasteiger partial charge on any atom is 0.325 e. The third-order valence-electron chi connectivity index (χ3n) is 3.55.